The Morgan fingerprint density at radius 2 is 2.00 bits per heavy atom. The third kappa shape index (κ3) is 3.21. The number of anilines is 3. The molecule has 0 amide bonds. The van der Waals surface area contributed by atoms with Crippen LogP contribution in [0.3, 0.4) is 0 Å². The maximum atomic E-state index is 5.74. The zero-order valence-corrected chi connectivity index (χ0v) is 11.2. The molecule has 1 aliphatic heterocycles. The van der Waals surface area contributed by atoms with Crippen LogP contribution >= 0.6 is 0 Å². The molecule has 0 radical (unpaired) electrons. The molecule has 0 spiro atoms. The van der Waals surface area contributed by atoms with Crippen LogP contribution in [0, 0.1) is 5.92 Å². The monoisotopic (exact) mass is 250 g/mol. The van der Waals surface area contributed by atoms with E-state index in [0.717, 1.165) is 26.1 Å². The van der Waals surface area contributed by atoms with E-state index < -0.39 is 0 Å². The van der Waals surface area contributed by atoms with Gasteiger partial charge in [-0.3, -0.25) is 0 Å². The van der Waals surface area contributed by atoms with Gasteiger partial charge in [0, 0.05) is 19.6 Å². The lowest BCUT2D eigenvalue weighted by molar-refractivity contribution is 0.591. The highest BCUT2D eigenvalue weighted by molar-refractivity contribution is 5.42. The molecule has 1 aliphatic rings. The maximum absolute atomic E-state index is 5.74. The number of aromatic nitrogens is 3. The summed E-state index contributed by atoms with van der Waals surface area (Å²) in [6.45, 7) is 7.24. The molecular formula is C12H22N6. The van der Waals surface area contributed by atoms with Gasteiger partial charge in [-0.15, -0.1) is 0 Å². The van der Waals surface area contributed by atoms with Crippen molar-refractivity contribution in [1.82, 2.24) is 15.0 Å². The van der Waals surface area contributed by atoms with Gasteiger partial charge >= 0.3 is 0 Å². The van der Waals surface area contributed by atoms with Gasteiger partial charge in [0.1, 0.15) is 0 Å². The van der Waals surface area contributed by atoms with Crippen molar-refractivity contribution in [2.24, 2.45) is 5.92 Å². The van der Waals surface area contributed by atoms with Gasteiger partial charge in [-0.25, -0.2) is 0 Å². The molecular weight excluding hydrogens is 228 g/mol. The number of nitrogens with one attached hydrogen (secondary N) is 1. The summed E-state index contributed by atoms with van der Waals surface area (Å²) < 4.78 is 0. The smallest absolute Gasteiger partial charge is 0.231 e. The molecule has 2 rings (SSSR count). The maximum Gasteiger partial charge on any atom is 0.231 e. The van der Waals surface area contributed by atoms with Gasteiger partial charge in [-0.1, -0.05) is 20.3 Å². The van der Waals surface area contributed by atoms with Crippen molar-refractivity contribution in [3.63, 3.8) is 0 Å². The van der Waals surface area contributed by atoms with Crippen LogP contribution in [0.5, 0.6) is 0 Å². The molecule has 0 aromatic carbocycles. The SMILES string of the molecule is CCC(C)CNc1nc(N)nc(N2CCCC2)n1. The van der Waals surface area contributed by atoms with Gasteiger partial charge in [0.05, 0.1) is 0 Å². The Morgan fingerprint density at radius 1 is 1.28 bits per heavy atom. The minimum Gasteiger partial charge on any atom is -0.368 e. The fraction of sp³-hybridized carbons (Fsp3) is 0.750. The number of nitrogens with zero attached hydrogens (tertiary/aromatic N) is 4. The van der Waals surface area contributed by atoms with E-state index in [0.29, 0.717) is 23.8 Å². The van der Waals surface area contributed by atoms with Crippen LogP contribution in [0.25, 0.3) is 0 Å². The van der Waals surface area contributed by atoms with Crippen molar-refractivity contribution in [1.29, 1.82) is 0 Å². The average Bonchev–Trinajstić information content (AvgIpc) is 2.89. The van der Waals surface area contributed by atoms with Crippen LogP contribution in [0.15, 0.2) is 0 Å². The molecule has 1 aromatic heterocycles. The van der Waals surface area contributed by atoms with Crippen LogP contribution in [-0.2, 0) is 0 Å². The number of hydrogen-bond acceptors (Lipinski definition) is 6. The highest BCUT2D eigenvalue weighted by Crippen LogP contribution is 2.17. The second kappa shape index (κ2) is 5.84. The minimum atomic E-state index is 0.290. The first-order valence-electron chi connectivity index (χ1n) is 6.69. The second-order valence-corrected chi connectivity index (χ2v) is 4.91. The topological polar surface area (TPSA) is 80.0 Å². The van der Waals surface area contributed by atoms with Crippen molar-refractivity contribution in [2.45, 2.75) is 33.1 Å². The van der Waals surface area contributed by atoms with Crippen LogP contribution in [-0.4, -0.2) is 34.6 Å². The summed E-state index contributed by atoms with van der Waals surface area (Å²) in [4.78, 5) is 14.9. The lowest BCUT2D eigenvalue weighted by atomic mass is 10.1. The van der Waals surface area contributed by atoms with E-state index in [-0.39, 0.29) is 0 Å². The first-order valence-corrected chi connectivity index (χ1v) is 6.69. The van der Waals surface area contributed by atoms with Gasteiger partial charge in [-0.05, 0) is 18.8 Å². The highest BCUT2D eigenvalue weighted by atomic mass is 15.3. The lowest BCUT2D eigenvalue weighted by Gasteiger charge is -2.16. The Bertz CT molecular complexity index is 388. The number of nitrogen functional groups attached to an aromatic ring is 1. The van der Waals surface area contributed by atoms with E-state index in [1.807, 2.05) is 0 Å². The normalized spacial score (nSPS) is 16.9. The number of hydrogen-bond donors (Lipinski definition) is 2. The molecule has 1 aromatic rings. The molecule has 0 saturated carbocycles. The Kier molecular flexibility index (Phi) is 4.17. The molecule has 1 saturated heterocycles. The van der Waals surface area contributed by atoms with Gasteiger partial charge in [0.2, 0.25) is 17.8 Å². The van der Waals surface area contributed by atoms with E-state index in [1.54, 1.807) is 0 Å². The summed E-state index contributed by atoms with van der Waals surface area (Å²) >= 11 is 0. The number of rotatable bonds is 5. The van der Waals surface area contributed by atoms with Crippen molar-refractivity contribution in [2.75, 3.05) is 35.6 Å². The summed E-state index contributed by atoms with van der Waals surface area (Å²) in [7, 11) is 0. The zero-order chi connectivity index (χ0) is 13.0. The van der Waals surface area contributed by atoms with Crippen molar-refractivity contribution >= 4 is 17.8 Å². The summed E-state index contributed by atoms with van der Waals surface area (Å²) in [5.41, 5.74) is 5.74. The fourth-order valence-electron chi connectivity index (χ4n) is 1.93. The summed E-state index contributed by atoms with van der Waals surface area (Å²) in [6, 6.07) is 0. The average molecular weight is 250 g/mol. The first-order chi connectivity index (χ1) is 8.69. The summed E-state index contributed by atoms with van der Waals surface area (Å²) in [5.74, 6) is 2.17. The largest absolute Gasteiger partial charge is 0.368 e. The van der Waals surface area contributed by atoms with Crippen LogP contribution in [0.1, 0.15) is 33.1 Å². The quantitative estimate of drug-likeness (QED) is 0.824. The molecule has 6 nitrogen and oxygen atoms in total. The third-order valence-corrected chi connectivity index (χ3v) is 3.34. The van der Waals surface area contributed by atoms with Gasteiger partial charge in [0.25, 0.3) is 0 Å². The Morgan fingerprint density at radius 3 is 2.67 bits per heavy atom. The van der Waals surface area contributed by atoms with E-state index in [1.165, 1.54) is 12.8 Å². The van der Waals surface area contributed by atoms with Crippen molar-refractivity contribution in [3.05, 3.63) is 0 Å². The van der Waals surface area contributed by atoms with E-state index in [2.05, 4.69) is 39.0 Å². The molecule has 1 fully saturated rings. The van der Waals surface area contributed by atoms with Crippen molar-refractivity contribution < 1.29 is 0 Å². The predicted octanol–water partition coefficient (Wildman–Crippen LogP) is 1.51. The van der Waals surface area contributed by atoms with E-state index in [4.69, 9.17) is 5.73 Å². The molecule has 0 bridgehead atoms. The highest BCUT2D eigenvalue weighted by Gasteiger charge is 2.16. The zero-order valence-electron chi connectivity index (χ0n) is 11.2. The van der Waals surface area contributed by atoms with Gasteiger partial charge in [-0.2, -0.15) is 15.0 Å². The standard InChI is InChI=1S/C12H22N6/c1-3-9(2)8-14-11-15-10(13)16-12(17-11)18-6-4-5-7-18/h9H,3-8H2,1-2H3,(H3,13,14,15,16,17). The van der Waals surface area contributed by atoms with E-state index in [9.17, 15) is 0 Å². The van der Waals surface area contributed by atoms with Crippen LogP contribution in [0.2, 0.25) is 0 Å². The first kappa shape index (κ1) is 12.9. The number of nitrogens with two attached hydrogens (primary N) is 1. The summed E-state index contributed by atoms with van der Waals surface area (Å²) in [6.07, 6.45) is 3.52. The van der Waals surface area contributed by atoms with E-state index >= 15 is 0 Å². The lowest BCUT2D eigenvalue weighted by Crippen LogP contribution is -2.22. The van der Waals surface area contributed by atoms with Crippen LogP contribution in [0.4, 0.5) is 17.8 Å². The molecule has 6 heteroatoms. The molecule has 3 N–H and O–H groups in total. The molecule has 18 heavy (non-hydrogen) atoms. The van der Waals surface area contributed by atoms with Crippen molar-refractivity contribution in [3.8, 4) is 0 Å². The fourth-order valence-corrected chi connectivity index (χ4v) is 1.93. The van der Waals surface area contributed by atoms with Gasteiger partial charge < -0.3 is 16.0 Å². The van der Waals surface area contributed by atoms with Gasteiger partial charge in [0.15, 0.2) is 0 Å². The second-order valence-electron chi connectivity index (χ2n) is 4.91. The molecule has 1 atom stereocenters. The summed E-state index contributed by atoms with van der Waals surface area (Å²) in [5, 5.41) is 3.23. The predicted molar refractivity (Wildman–Crippen MR) is 73.6 cm³/mol. The molecule has 2 heterocycles. The third-order valence-electron chi connectivity index (χ3n) is 3.34. The molecule has 100 valence electrons. The van der Waals surface area contributed by atoms with Crippen LogP contribution < -0.4 is 16.0 Å². The Balaban J connectivity index is 2.06. The molecule has 0 aliphatic carbocycles. The Labute approximate surface area is 108 Å². The Hall–Kier alpha value is -1.59. The minimum absolute atomic E-state index is 0.290. The molecule has 1 unspecified atom stereocenters.